The summed E-state index contributed by atoms with van der Waals surface area (Å²) >= 11 is 0. The van der Waals surface area contributed by atoms with E-state index in [1.54, 1.807) is 18.2 Å². The largest absolute Gasteiger partial charge is 0.491 e. The summed E-state index contributed by atoms with van der Waals surface area (Å²) < 4.78 is 22.1. The SMILES string of the molecule is CC(C)Oc1ccc(Oc2ccc(-c3cc(C(C)N)on3)o2)cc1. The summed E-state index contributed by atoms with van der Waals surface area (Å²) in [5.74, 6) is 2.98. The standard InChI is InChI=1S/C18H20N2O4/c1-11(2)21-13-4-6-14(7-5-13)22-18-9-8-16(23-18)15-10-17(12(3)19)24-20-15/h4-12H,19H2,1-3H3. The normalized spacial score (nSPS) is 12.4. The lowest BCUT2D eigenvalue weighted by Gasteiger charge is -2.09. The first kappa shape index (κ1) is 16.1. The maximum atomic E-state index is 5.76. The summed E-state index contributed by atoms with van der Waals surface area (Å²) in [5.41, 5.74) is 6.34. The second-order valence-electron chi connectivity index (χ2n) is 5.76. The fraction of sp³-hybridized carbons (Fsp3) is 0.278. The second-order valence-corrected chi connectivity index (χ2v) is 5.76. The van der Waals surface area contributed by atoms with Crippen LogP contribution in [-0.4, -0.2) is 11.3 Å². The lowest BCUT2D eigenvalue weighted by Crippen LogP contribution is -2.05. The summed E-state index contributed by atoms with van der Waals surface area (Å²) in [7, 11) is 0. The number of rotatable bonds is 6. The van der Waals surface area contributed by atoms with E-state index in [0.717, 1.165) is 5.75 Å². The Morgan fingerprint density at radius 2 is 1.71 bits per heavy atom. The first-order chi connectivity index (χ1) is 11.5. The van der Waals surface area contributed by atoms with Gasteiger partial charge in [0.05, 0.1) is 12.1 Å². The molecule has 6 heteroatoms. The van der Waals surface area contributed by atoms with Gasteiger partial charge in [-0.05, 0) is 51.1 Å². The van der Waals surface area contributed by atoms with Crippen LogP contribution < -0.4 is 15.2 Å². The lowest BCUT2D eigenvalue weighted by molar-refractivity contribution is 0.242. The van der Waals surface area contributed by atoms with Crippen molar-refractivity contribution >= 4 is 0 Å². The van der Waals surface area contributed by atoms with Gasteiger partial charge in [-0.1, -0.05) is 5.16 Å². The third kappa shape index (κ3) is 3.78. The van der Waals surface area contributed by atoms with Crippen LogP contribution in [0.1, 0.15) is 32.6 Å². The molecular formula is C18H20N2O4. The van der Waals surface area contributed by atoms with Crippen molar-refractivity contribution in [2.75, 3.05) is 0 Å². The Balaban J connectivity index is 1.69. The Morgan fingerprint density at radius 1 is 1.00 bits per heavy atom. The van der Waals surface area contributed by atoms with Gasteiger partial charge in [-0.15, -0.1) is 0 Å². The van der Waals surface area contributed by atoms with Crippen LogP contribution >= 0.6 is 0 Å². The molecule has 6 nitrogen and oxygen atoms in total. The molecular weight excluding hydrogens is 308 g/mol. The highest BCUT2D eigenvalue weighted by Crippen LogP contribution is 2.30. The number of furan rings is 1. The van der Waals surface area contributed by atoms with Gasteiger partial charge in [-0.2, -0.15) is 0 Å². The van der Waals surface area contributed by atoms with Crippen LogP contribution in [-0.2, 0) is 0 Å². The molecule has 0 saturated heterocycles. The molecule has 0 aliphatic heterocycles. The molecule has 1 atom stereocenters. The molecule has 2 aromatic heterocycles. The molecule has 2 heterocycles. The molecule has 24 heavy (non-hydrogen) atoms. The van der Waals surface area contributed by atoms with E-state index >= 15 is 0 Å². The summed E-state index contributed by atoms with van der Waals surface area (Å²) in [6, 6.07) is 12.4. The van der Waals surface area contributed by atoms with E-state index in [1.165, 1.54) is 0 Å². The van der Waals surface area contributed by atoms with Crippen molar-refractivity contribution in [1.29, 1.82) is 0 Å². The monoisotopic (exact) mass is 328 g/mol. The molecule has 0 aliphatic rings. The van der Waals surface area contributed by atoms with Crippen molar-refractivity contribution in [1.82, 2.24) is 5.16 Å². The maximum Gasteiger partial charge on any atom is 0.290 e. The number of ether oxygens (including phenoxy) is 2. The first-order valence-corrected chi connectivity index (χ1v) is 7.78. The molecule has 0 saturated carbocycles. The Labute approximate surface area is 140 Å². The third-order valence-corrected chi connectivity index (χ3v) is 3.22. The fourth-order valence-corrected chi connectivity index (χ4v) is 2.11. The predicted molar refractivity (Wildman–Crippen MR) is 89.1 cm³/mol. The fourth-order valence-electron chi connectivity index (χ4n) is 2.11. The summed E-state index contributed by atoms with van der Waals surface area (Å²) in [4.78, 5) is 0. The predicted octanol–water partition coefficient (Wildman–Crippen LogP) is 4.53. The number of hydrogen-bond donors (Lipinski definition) is 1. The average Bonchev–Trinajstić information content (AvgIpc) is 3.17. The Bertz CT molecular complexity index is 787. The summed E-state index contributed by atoms with van der Waals surface area (Å²) in [6.07, 6.45) is 0.132. The molecule has 2 N–H and O–H groups in total. The highest BCUT2D eigenvalue weighted by Gasteiger charge is 2.13. The zero-order valence-electron chi connectivity index (χ0n) is 13.9. The van der Waals surface area contributed by atoms with Gasteiger partial charge in [0.2, 0.25) is 0 Å². The van der Waals surface area contributed by atoms with Crippen LogP contribution in [0.15, 0.2) is 51.4 Å². The molecule has 126 valence electrons. The van der Waals surface area contributed by atoms with Gasteiger partial charge in [-0.3, -0.25) is 0 Å². The second kappa shape index (κ2) is 6.80. The minimum atomic E-state index is -0.219. The number of benzene rings is 1. The number of nitrogens with two attached hydrogens (primary N) is 1. The van der Waals surface area contributed by atoms with Crippen molar-refractivity contribution in [2.45, 2.75) is 32.9 Å². The molecule has 0 fully saturated rings. The minimum Gasteiger partial charge on any atom is -0.491 e. The van der Waals surface area contributed by atoms with Gasteiger partial charge in [0.15, 0.2) is 11.5 Å². The average molecular weight is 328 g/mol. The van der Waals surface area contributed by atoms with Gasteiger partial charge < -0.3 is 24.1 Å². The number of nitrogens with zero attached hydrogens (tertiary/aromatic N) is 1. The Kier molecular flexibility index (Phi) is 4.57. The Morgan fingerprint density at radius 3 is 2.33 bits per heavy atom. The number of aromatic nitrogens is 1. The van der Waals surface area contributed by atoms with E-state index in [-0.39, 0.29) is 12.1 Å². The molecule has 0 aliphatic carbocycles. The van der Waals surface area contributed by atoms with Crippen LogP contribution in [0.2, 0.25) is 0 Å². The zero-order valence-corrected chi connectivity index (χ0v) is 13.9. The number of hydrogen-bond acceptors (Lipinski definition) is 6. The van der Waals surface area contributed by atoms with E-state index in [2.05, 4.69) is 5.16 Å². The smallest absolute Gasteiger partial charge is 0.290 e. The molecule has 0 amide bonds. The van der Waals surface area contributed by atoms with Crippen molar-refractivity contribution in [3.8, 4) is 28.9 Å². The molecule has 1 unspecified atom stereocenters. The quantitative estimate of drug-likeness (QED) is 0.715. The maximum absolute atomic E-state index is 5.76. The van der Waals surface area contributed by atoms with Crippen LogP contribution in [0.4, 0.5) is 0 Å². The van der Waals surface area contributed by atoms with Gasteiger partial charge in [0.25, 0.3) is 5.95 Å². The topological polar surface area (TPSA) is 83.7 Å². The highest BCUT2D eigenvalue weighted by atomic mass is 16.6. The lowest BCUT2D eigenvalue weighted by atomic mass is 10.2. The summed E-state index contributed by atoms with van der Waals surface area (Å²) in [6.45, 7) is 5.79. The van der Waals surface area contributed by atoms with Crippen LogP contribution in [0, 0.1) is 0 Å². The van der Waals surface area contributed by atoms with Crippen molar-refractivity contribution < 1.29 is 18.4 Å². The highest BCUT2D eigenvalue weighted by molar-refractivity contribution is 5.53. The molecule has 3 rings (SSSR count). The van der Waals surface area contributed by atoms with Gasteiger partial charge in [0.1, 0.15) is 17.2 Å². The third-order valence-electron chi connectivity index (χ3n) is 3.22. The van der Waals surface area contributed by atoms with Crippen LogP contribution in [0.25, 0.3) is 11.5 Å². The van der Waals surface area contributed by atoms with E-state index in [0.29, 0.717) is 28.9 Å². The minimum absolute atomic E-state index is 0.132. The molecule has 0 bridgehead atoms. The molecule has 1 aromatic carbocycles. The molecule has 3 aromatic rings. The van der Waals surface area contributed by atoms with Crippen molar-refractivity contribution in [3.05, 3.63) is 48.2 Å². The molecule has 0 spiro atoms. The molecule has 0 radical (unpaired) electrons. The Hall–Kier alpha value is -2.73. The van der Waals surface area contributed by atoms with Crippen molar-refractivity contribution in [3.63, 3.8) is 0 Å². The van der Waals surface area contributed by atoms with Gasteiger partial charge in [0, 0.05) is 12.1 Å². The van der Waals surface area contributed by atoms with E-state index in [9.17, 15) is 0 Å². The first-order valence-electron chi connectivity index (χ1n) is 7.78. The van der Waals surface area contributed by atoms with Gasteiger partial charge >= 0.3 is 0 Å². The van der Waals surface area contributed by atoms with E-state index in [4.69, 9.17) is 24.1 Å². The summed E-state index contributed by atoms with van der Waals surface area (Å²) in [5, 5.41) is 3.95. The van der Waals surface area contributed by atoms with Crippen molar-refractivity contribution in [2.24, 2.45) is 5.73 Å². The van der Waals surface area contributed by atoms with E-state index in [1.807, 2.05) is 45.0 Å². The van der Waals surface area contributed by atoms with Crippen LogP contribution in [0.3, 0.4) is 0 Å². The van der Waals surface area contributed by atoms with Gasteiger partial charge in [-0.25, -0.2) is 0 Å². The zero-order chi connectivity index (χ0) is 17.1. The van der Waals surface area contributed by atoms with Crippen LogP contribution in [0.5, 0.6) is 17.4 Å². The van der Waals surface area contributed by atoms with E-state index < -0.39 is 0 Å².